The summed E-state index contributed by atoms with van der Waals surface area (Å²) in [4.78, 5) is 24.7. The Balaban J connectivity index is 1.73. The molecule has 3 rings (SSSR count). The van der Waals surface area contributed by atoms with Crippen LogP contribution in [0, 0.1) is 5.82 Å². The van der Waals surface area contributed by atoms with Gasteiger partial charge in [0, 0.05) is 10.6 Å². The average molecular weight is 478 g/mol. The van der Waals surface area contributed by atoms with Crippen molar-refractivity contribution in [2.45, 2.75) is 4.90 Å². The van der Waals surface area contributed by atoms with Crippen LogP contribution in [-0.4, -0.2) is 33.9 Å². The zero-order chi connectivity index (χ0) is 23.3. The van der Waals surface area contributed by atoms with Crippen LogP contribution in [0.1, 0.15) is 20.7 Å². The lowest BCUT2D eigenvalue weighted by atomic mass is 10.1. The van der Waals surface area contributed by atoms with Gasteiger partial charge in [0.15, 0.2) is 24.0 Å². The van der Waals surface area contributed by atoms with Gasteiger partial charge in [-0.15, -0.1) is 0 Å². The van der Waals surface area contributed by atoms with Crippen molar-refractivity contribution in [3.8, 4) is 5.75 Å². The molecule has 0 unspecified atom stereocenters. The minimum absolute atomic E-state index is 0.00664. The van der Waals surface area contributed by atoms with E-state index in [-0.39, 0.29) is 27.5 Å². The quantitative estimate of drug-likeness (QED) is 0.383. The van der Waals surface area contributed by atoms with E-state index in [0.29, 0.717) is 5.02 Å². The lowest BCUT2D eigenvalue weighted by Crippen LogP contribution is -2.18. The molecule has 0 aromatic heterocycles. The Morgan fingerprint density at radius 2 is 1.72 bits per heavy atom. The Labute approximate surface area is 188 Å². The van der Waals surface area contributed by atoms with Crippen molar-refractivity contribution >= 4 is 39.1 Å². The van der Waals surface area contributed by atoms with Crippen molar-refractivity contribution in [1.29, 1.82) is 0 Å². The number of hydrogen-bond acceptors (Lipinski definition) is 6. The van der Waals surface area contributed by atoms with E-state index in [9.17, 15) is 22.4 Å². The number of halogens is 2. The molecule has 0 aliphatic heterocycles. The Bertz CT molecular complexity index is 1260. The number of rotatable bonds is 8. The highest BCUT2D eigenvalue weighted by Crippen LogP contribution is 2.22. The minimum atomic E-state index is -4.01. The number of methoxy groups -OCH3 is 1. The third-order valence-electron chi connectivity index (χ3n) is 4.32. The second kappa shape index (κ2) is 9.80. The van der Waals surface area contributed by atoms with Gasteiger partial charge in [0.05, 0.1) is 23.3 Å². The molecular formula is C22H17ClFNO6S. The fraction of sp³-hybridized carbons (Fsp3) is 0.0909. The Morgan fingerprint density at radius 1 is 1.03 bits per heavy atom. The second-order valence-corrected chi connectivity index (χ2v) is 8.57. The average Bonchev–Trinajstić information content (AvgIpc) is 2.77. The van der Waals surface area contributed by atoms with Crippen molar-refractivity contribution in [2.75, 3.05) is 18.4 Å². The zero-order valence-corrected chi connectivity index (χ0v) is 18.2. The normalized spacial score (nSPS) is 11.0. The van der Waals surface area contributed by atoms with Gasteiger partial charge < -0.3 is 9.47 Å². The lowest BCUT2D eigenvalue weighted by molar-refractivity contribution is 0.0475. The van der Waals surface area contributed by atoms with Gasteiger partial charge in [-0.3, -0.25) is 9.52 Å². The molecule has 0 saturated heterocycles. The summed E-state index contributed by atoms with van der Waals surface area (Å²) in [5, 5.41) is 0.370. The molecule has 0 atom stereocenters. The summed E-state index contributed by atoms with van der Waals surface area (Å²) in [6, 6.07) is 14.8. The fourth-order valence-electron chi connectivity index (χ4n) is 2.70. The molecule has 1 N–H and O–H groups in total. The number of ether oxygens (including phenoxy) is 2. The van der Waals surface area contributed by atoms with Crippen LogP contribution in [-0.2, 0) is 14.8 Å². The zero-order valence-electron chi connectivity index (χ0n) is 16.7. The third kappa shape index (κ3) is 5.43. The summed E-state index contributed by atoms with van der Waals surface area (Å²) < 4.78 is 51.2. The monoisotopic (exact) mass is 477 g/mol. The molecule has 10 heteroatoms. The summed E-state index contributed by atoms with van der Waals surface area (Å²) in [6.45, 7) is -0.664. The number of Topliss-reactive ketones (excluding diaryl/α,β-unsaturated/α-hetero) is 1. The Hall–Kier alpha value is -3.43. The summed E-state index contributed by atoms with van der Waals surface area (Å²) in [5.41, 5.74) is -0.137. The maximum atomic E-state index is 13.8. The standard InChI is InChI=1S/C22H17ClFNO6S/c1-30-21-11-6-14(12-18(21)24)20(26)13-31-22(27)17-4-2-3-5-19(17)25-32(28,29)16-9-7-15(23)8-10-16/h2-12,25H,13H2,1H3. The van der Waals surface area contributed by atoms with E-state index < -0.39 is 34.2 Å². The van der Waals surface area contributed by atoms with Crippen LogP contribution in [0.25, 0.3) is 0 Å². The maximum Gasteiger partial charge on any atom is 0.340 e. The predicted molar refractivity (Wildman–Crippen MR) is 116 cm³/mol. The van der Waals surface area contributed by atoms with Crippen LogP contribution in [0.4, 0.5) is 10.1 Å². The number of carbonyl (C=O) groups is 2. The maximum absolute atomic E-state index is 13.8. The molecule has 0 aliphatic rings. The number of nitrogens with one attached hydrogen (secondary N) is 1. The van der Waals surface area contributed by atoms with E-state index in [0.717, 1.165) is 6.07 Å². The molecule has 0 bridgehead atoms. The summed E-state index contributed by atoms with van der Waals surface area (Å²) in [5.74, 6) is -2.33. The highest BCUT2D eigenvalue weighted by molar-refractivity contribution is 7.92. The van der Waals surface area contributed by atoms with Crippen LogP contribution in [0.2, 0.25) is 5.02 Å². The number of benzene rings is 3. The van der Waals surface area contributed by atoms with Crippen LogP contribution >= 0.6 is 11.6 Å². The van der Waals surface area contributed by atoms with Gasteiger partial charge in [-0.2, -0.15) is 0 Å². The molecule has 7 nitrogen and oxygen atoms in total. The van der Waals surface area contributed by atoms with Gasteiger partial charge in [-0.1, -0.05) is 23.7 Å². The second-order valence-electron chi connectivity index (χ2n) is 6.45. The van der Waals surface area contributed by atoms with Crippen molar-refractivity contribution in [3.63, 3.8) is 0 Å². The van der Waals surface area contributed by atoms with E-state index in [4.69, 9.17) is 21.1 Å². The molecule has 3 aromatic rings. The molecule has 3 aromatic carbocycles. The highest BCUT2D eigenvalue weighted by Gasteiger charge is 2.20. The van der Waals surface area contributed by atoms with Gasteiger partial charge >= 0.3 is 5.97 Å². The van der Waals surface area contributed by atoms with Crippen molar-refractivity contribution in [1.82, 2.24) is 0 Å². The molecule has 0 fully saturated rings. The van der Waals surface area contributed by atoms with Crippen LogP contribution in [0.15, 0.2) is 71.6 Å². The molecule has 0 amide bonds. The van der Waals surface area contributed by atoms with Gasteiger partial charge in [0.1, 0.15) is 0 Å². The van der Waals surface area contributed by atoms with Gasteiger partial charge in [-0.05, 0) is 54.6 Å². The van der Waals surface area contributed by atoms with Gasteiger partial charge in [-0.25, -0.2) is 17.6 Å². The summed E-state index contributed by atoms with van der Waals surface area (Å²) >= 11 is 5.79. The van der Waals surface area contributed by atoms with Crippen molar-refractivity contribution < 1.29 is 31.9 Å². The SMILES string of the molecule is COc1ccc(C(=O)COC(=O)c2ccccc2NS(=O)(=O)c2ccc(Cl)cc2)cc1F. The van der Waals surface area contributed by atoms with Gasteiger partial charge in [0.25, 0.3) is 10.0 Å². The predicted octanol–water partition coefficient (Wildman–Crippen LogP) is 4.33. The van der Waals surface area contributed by atoms with Crippen LogP contribution < -0.4 is 9.46 Å². The smallest absolute Gasteiger partial charge is 0.340 e. The number of esters is 1. The first-order valence-corrected chi connectivity index (χ1v) is 11.0. The molecule has 0 aliphatic carbocycles. The van der Waals surface area contributed by atoms with E-state index in [2.05, 4.69) is 4.72 Å². The Morgan fingerprint density at radius 3 is 2.38 bits per heavy atom. The lowest BCUT2D eigenvalue weighted by Gasteiger charge is -2.12. The first-order valence-electron chi connectivity index (χ1n) is 9.12. The first-order chi connectivity index (χ1) is 15.2. The summed E-state index contributed by atoms with van der Waals surface area (Å²) in [6.07, 6.45) is 0. The molecule has 0 heterocycles. The number of para-hydroxylation sites is 1. The molecule has 0 saturated carbocycles. The molecule has 32 heavy (non-hydrogen) atoms. The van der Waals surface area contributed by atoms with E-state index in [1.54, 1.807) is 0 Å². The Kier molecular flexibility index (Phi) is 7.12. The van der Waals surface area contributed by atoms with E-state index in [1.807, 2.05) is 0 Å². The van der Waals surface area contributed by atoms with E-state index in [1.165, 1.54) is 67.8 Å². The van der Waals surface area contributed by atoms with Crippen molar-refractivity contribution in [3.05, 3.63) is 88.7 Å². The van der Waals surface area contributed by atoms with Crippen LogP contribution in [0.3, 0.4) is 0 Å². The number of carbonyl (C=O) groups excluding carboxylic acids is 2. The molecular weight excluding hydrogens is 461 g/mol. The molecule has 0 radical (unpaired) electrons. The largest absolute Gasteiger partial charge is 0.494 e. The minimum Gasteiger partial charge on any atom is -0.494 e. The van der Waals surface area contributed by atoms with Gasteiger partial charge in [0.2, 0.25) is 0 Å². The van der Waals surface area contributed by atoms with Crippen LogP contribution in [0.5, 0.6) is 5.75 Å². The number of ketones is 1. The highest BCUT2D eigenvalue weighted by atomic mass is 35.5. The first kappa shape index (κ1) is 23.2. The summed E-state index contributed by atoms with van der Waals surface area (Å²) in [7, 11) is -2.72. The molecule has 0 spiro atoms. The fourth-order valence-corrected chi connectivity index (χ4v) is 3.91. The topological polar surface area (TPSA) is 98.8 Å². The molecule has 166 valence electrons. The third-order valence-corrected chi connectivity index (χ3v) is 5.96. The van der Waals surface area contributed by atoms with Crippen molar-refractivity contribution in [2.24, 2.45) is 0 Å². The number of hydrogen-bond donors (Lipinski definition) is 1. The number of sulfonamides is 1. The van der Waals surface area contributed by atoms with E-state index >= 15 is 0 Å². The number of anilines is 1.